The van der Waals surface area contributed by atoms with Crippen LogP contribution >= 0.6 is 0 Å². The van der Waals surface area contributed by atoms with Crippen molar-refractivity contribution >= 4 is 17.4 Å². The fourth-order valence-electron chi connectivity index (χ4n) is 2.36. The van der Waals surface area contributed by atoms with Crippen molar-refractivity contribution in [3.8, 4) is 11.5 Å². The van der Waals surface area contributed by atoms with Crippen LogP contribution in [0.2, 0.25) is 0 Å². The van der Waals surface area contributed by atoms with Crippen LogP contribution in [-0.4, -0.2) is 38.1 Å². The van der Waals surface area contributed by atoms with E-state index in [1.165, 1.54) is 24.3 Å². The molecular weight excluding hydrogens is 373 g/mol. The number of phenolic OH excluding ortho intramolecular Hbond substituents is 1. The Bertz CT molecular complexity index is 1080. The first-order valence-corrected chi connectivity index (χ1v) is 7.84. The third-order valence-corrected chi connectivity index (χ3v) is 3.72. The molecule has 0 spiro atoms. The summed E-state index contributed by atoms with van der Waals surface area (Å²) in [5, 5.41) is 24.4. The molecule has 9 nitrogen and oxygen atoms in total. The minimum Gasteiger partial charge on any atom is -0.507 e. The molecule has 0 bridgehead atoms. The Morgan fingerprint density at radius 2 is 2.00 bits per heavy atom. The van der Waals surface area contributed by atoms with Crippen molar-refractivity contribution in [3.63, 3.8) is 0 Å². The lowest BCUT2D eigenvalue weighted by molar-refractivity contribution is -0.385. The van der Waals surface area contributed by atoms with E-state index in [1.807, 2.05) is 0 Å². The predicted octanol–water partition coefficient (Wildman–Crippen LogP) is 2.59. The monoisotopic (exact) mass is 385 g/mol. The van der Waals surface area contributed by atoms with Crippen LogP contribution in [0.5, 0.6) is 11.5 Å². The predicted molar refractivity (Wildman–Crippen MR) is 92.9 cm³/mol. The highest BCUT2D eigenvalue weighted by atomic mass is 19.1. The number of benzene rings is 2. The Morgan fingerprint density at radius 3 is 2.75 bits per heavy atom. The third kappa shape index (κ3) is 3.85. The number of para-hydroxylation sites is 2. The summed E-state index contributed by atoms with van der Waals surface area (Å²) in [6, 6.07) is 8.46. The average Bonchev–Trinajstić information content (AvgIpc) is 3.18. The van der Waals surface area contributed by atoms with Gasteiger partial charge in [-0.25, -0.2) is 9.07 Å². The summed E-state index contributed by atoms with van der Waals surface area (Å²) in [5.74, 6) is -2.63. The molecule has 1 aromatic heterocycles. The minimum atomic E-state index is -0.726. The van der Waals surface area contributed by atoms with E-state index in [2.05, 4.69) is 5.10 Å². The minimum absolute atomic E-state index is 0.0556. The number of aromatic nitrogens is 2. The van der Waals surface area contributed by atoms with Crippen LogP contribution < -0.4 is 4.74 Å². The number of ether oxygens (including phenoxy) is 1. The van der Waals surface area contributed by atoms with Gasteiger partial charge in [-0.1, -0.05) is 12.1 Å². The lowest BCUT2D eigenvalue weighted by atomic mass is 10.1. The fourth-order valence-corrected chi connectivity index (χ4v) is 2.36. The molecule has 0 fully saturated rings. The van der Waals surface area contributed by atoms with Crippen molar-refractivity contribution in [2.45, 2.75) is 0 Å². The molecule has 1 heterocycles. The molecule has 3 aromatic rings. The van der Waals surface area contributed by atoms with Crippen molar-refractivity contribution in [3.05, 3.63) is 81.9 Å². The van der Waals surface area contributed by atoms with Crippen LogP contribution in [0.1, 0.15) is 20.7 Å². The van der Waals surface area contributed by atoms with Crippen LogP contribution in [0.25, 0.3) is 0 Å². The van der Waals surface area contributed by atoms with E-state index in [-0.39, 0.29) is 22.6 Å². The van der Waals surface area contributed by atoms with Crippen molar-refractivity contribution in [2.75, 3.05) is 6.61 Å². The number of carbonyl (C=O) groups excluding carboxylic acids is 2. The van der Waals surface area contributed by atoms with Gasteiger partial charge in [-0.05, 0) is 24.3 Å². The van der Waals surface area contributed by atoms with E-state index in [9.17, 15) is 29.2 Å². The van der Waals surface area contributed by atoms with E-state index in [0.717, 1.165) is 35.3 Å². The summed E-state index contributed by atoms with van der Waals surface area (Å²) in [6.07, 6.45) is 2.17. The van der Waals surface area contributed by atoms with E-state index in [0.29, 0.717) is 0 Å². The molecule has 1 N–H and O–H groups in total. The number of carbonyl (C=O) groups is 2. The van der Waals surface area contributed by atoms with Crippen molar-refractivity contribution in [1.82, 2.24) is 9.78 Å². The summed E-state index contributed by atoms with van der Waals surface area (Å²) < 4.78 is 19.3. The van der Waals surface area contributed by atoms with Gasteiger partial charge in [0.1, 0.15) is 11.6 Å². The normalized spacial score (nSPS) is 10.5. The first-order chi connectivity index (χ1) is 13.4. The number of hydrogen-bond acceptors (Lipinski definition) is 7. The number of nitro benzene ring substituents is 1. The molecule has 28 heavy (non-hydrogen) atoms. The standard InChI is InChI=1S/C18H12FN3O6/c19-12-5-6-15(23)13(7-12)18(25)11-8-20-21(9-11)17(24)10-28-16-4-2-1-3-14(16)22(26)27/h1-9,23H,10H2. The van der Waals surface area contributed by atoms with Gasteiger partial charge < -0.3 is 9.84 Å². The van der Waals surface area contributed by atoms with Gasteiger partial charge in [0.25, 0.3) is 5.91 Å². The first-order valence-electron chi connectivity index (χ1n) is 7.84. The molecule has 0 radical (unpaired) electrons. The average molecular weight is 385 g/mol. The Balaban J connectivity index is 1.73. The van der Waals surface area contributed by atoms with Gasteiger partial charge in [-0.2, -0.15) is 5.10 Å². The van der Waals surface area contributed by atoms with Crippen LogP contribution in [0.4, 0.5) is 10.1 Å². The second kappa shape index (κ2) is 7.66. The first kappa shape index (κ1) is 18.7. The second-order valence-corrected chi connectivity index (χ2v) is 5.57. The topological polar surface area (TPSA) is 125 Å². The fraction of sp³-hybridized carbons (Fsp3) is 0.0556. The smallest absolute Gasteiger partial charge is 0.310 e. The summed E-state index contributed by atoms with van der Waals surface area (Å²) in [7, 11) is 0. The zero-order valence-corrected chi connectivity index (χ0v) is 14.1. The van der Waals surface area contributed by atoms with E-state index < -0.39 is 34.8 Å². The Hall–Kier alpha value is -4.08. The number of ketones is 1. The highest BCUT2D eigenvalue weighted by Crippen LogP contribution is 2.26. The van der Waals surface area contributed by atoms with Crippen LogP contribution in [-0.2, 0) is 0 Å². The lowest BCUT2D eigenvalue weighted by Gasteiger charge is -2.05. The molecular formula is C18H12FN3O6. The number of phenols is 1. The number of nitrogens with zero attached hydrogens (tertiary/aromatic N) is 3. The molecule has 0 saturated heterocycles. The molecule has 3 rings (SSSR count). The molecule has 0 amide bonds. The van der Waals surface area contributed by atoms with Crippen LogP contribution in [0, 0.1) is 15.9 Å². The van der Waals surface area contributed by atoms with Crippen molar-refractivity contribution in [1.29, 1.82) is 0 Å². The molecule has 0 saturated carbocycles. The summed E-state index contributed by atoms with van der Waals surface area (Å²) >= 11 is 0. The quantitative estimate of drug-likeness (QED) is 0.393. The van der Waals surface area contributed by atoms with E-state index in [1.54, 1.807) is 0 Å². The maximum absolute atomic E-state index is 13.3. The number of nitro groups is 1. The molecule has 0 aliphatic heterocycles. The zero-order chi connectivity index (χ0) is 20.3. The van der Waals surface area contributed by atoms with E-state index in [4.69, 9.17) is 4.74 Å². The largest absolute Gasteiger partial charge is 0.507 e. The highest BCUT2D eigenvalue weighted by Gasteiger charge is 2.19. The second-order valence-electron chi connectivity index (χ2n) is 5.57. The van der Waals surface area contributed by atoms with E-state index >= 15 is 0 Å². The molecule has 10 heteroatoms. The van der Waals surface area contributed by atoms with Gasteiger partial charge in [0, 0.05) is 12.3 Å². The van der Waals surface area contributed by atoms with Gasteiger partial charge in [-0.15, -0.1) is 0 Å². The Morgan fingerprint density at radius 1 is 1.25 bits per heavy atom. The maximum atomic E-state index is 13.3. The number of halogens is 1. The maximum Gasteiger partial charge on any atom is 0.310 e. The molecule has 0 aliphatic carbocycles. The van der Waals surface area contributed by atoms with Gasteiger partial charge in [-0.3, -0.25) is 19.7 Å². The highest BCUT2D eigenvalue weighted by molar-refractivity contribution is 6.10. The summed E-state index contributed by atoms with van der Waals surface area (Å²) in [5.41, 5.74) is -0.628. The van der Waals surface area contributed by atoms with Crippen molar-refractivity contribution < 1.29 is 28.7 Å². The molecule has 142 valence electrons. The van der Waals surface area contributed by atoms with Crippen molar-refractivity contribution in [2.24, 2.45) is 0 Å². The SMILES string of the molecule is O=C(c1cnn(C(=O)COc2ccccc2[N+](=O)[O-])c1)c1cc(F)ccc1O. The van der Waals surface area contributed by atoms with Gasteiger partial charge in [0.05, 0.1) is 22.2 Å². The summed E-state index contributed by atoms with van der Waals surface area (Å²) in [6.45, 7) is -0.564. The number of rotatable bonds is 6. The summed E-state index contributed by atoms with van der Waals surface area (Å²) in [4.78, 5) is 34.8. The number of hydrogen-bond donors (Lipinski definition) is 1. The van der Waals surface area contributed by atoms with Gasteiger partial charge in [0.2, 0.25) is 0 Å². The number of aromatic hydroxyl groups is 1. The molecule has 0 atom stereocenters. The van der Waals surface area contributed by atoms with Crippen LogP contribution in [0.15, 0.2) is 54.9 Å². The van der Waals surface area contributed by atoms with Gasteiger partial charge >= 0.3 is 5.69 Å². The Kier molecular flexibility index (Phi) is 5.12. The van der Waals surface area contributed by atoms with Crippen LogP contribution in [0.3, 0.4) is 0 Å². The molecule has 0 unspecified atom stereocenters. The Labute approximate surface area is 156 Å². The third-order valence-electron chi connectivity index (χ3n) is 3.72. The molecule has 2 aromatic carbocycles. The lowest BCUT2D eigenvalue weighted by Crippen LogP contribution is -2.20. The molecule has 0 aliphatic rings. The zero-order valence-electron chi connectivity index (χ0n) is 14.1. The van der Waals surface area contributed by atoms with Gasteiger partial charge in [0.15, 0.2) is 18.1 Å².